The van der Waals surface area contributed by atoms with Crippen molar-refractivity contribution in [1.82, 2.24) is 20.4 Å². The van der Waals surface area contributed by atoms with Crippen LogP contribution in [0.5, 0.6) is 0 Å². The first-order valence-electron chi connectivity index (χ1n) is 9.21. The Morgan fingerprint density at radius 1 is 1.24 bits per heavy atom. The summed E-state index contributed by atoms with van der Waals surface area (Å²) < 4.78 is 5.29. The number of carbonyl (C=O) groups is 2. The number of amides is 3. The number of nitrogens with zero attached hydrogens (tertiary/aromatic N) is 3. The van der Waals surface area contributed by atoms with Gasteiger partial charge in [-0.05, 0) is 31.6 Å². The molecule has 3 amide bonds. The topological polar surface area (TPSA) is 114 Å². The molecule has 0 bridgehead atoms. The number of nitrogens with two attached hydrogens (primary N) is 1. The van der Waals surface area contributed by atoms with Crippen molar-refractivity contribution in [3.63, 3.8) is 0 Å². The number of imide groups is 1. The van der Waals surface area contributed by atoms with Crippen LogP contribution in [0, 0.1) is 5.92 Å². The largest absolute Gasteiger partial charge is 0.337 e. The zero-order valence-electron chi connectivity index (χ0n) is 14.6. The van der Waals surface area contributed by atoms with E-state index in [2.05, 4.69) is 15.5 Å². The molecule has 1 aliphatic heterocycles. The molecule has 136 valence electrons. The maximum absolute atomic E-state index is 13.0. The van der Waals surface area contributed by atoms with Crippen LogP contribution in [0.25, 0.3) is 0 Å². The van der Waals surface area contributed by atoms with Crippen LogP contribution in [-0.4, -0.2) is 32.5 Å². The Bertz CT molecular complexity index is 696. The van der Waals surface area contributed by atoms with E-state index in [0.29, 0.717) is 12.2 Å². The fourth-order valence-corrected chi connectivity index (χ4v) is 4.53. The lowest BCUT2D eigenvalue weighted by Gasteiger charge is -2.36. The molecule has 1 saturated heterocycles. The first-order chi connectivity index (χ1) is 11.9. The van der Waals surface area contributed by atoms with Gasteiger partial charge in [0.25, 0.3) is 5.91 Å². The Kier molecular flexibility index (Phi) is 3.82. The van der Waals surface area contributed by atoms with Crippen LogP contribution in [0.3, 0.4) is 0 Å². The van der Waals surface area contributed by atoms with E-state index in [9.17, 15) is 9.59 Å². The minimum Gasteiger partial charge on any atom is -0.337 e. The second-order valence-electron chi connectivity index (χ2n) is 7.81. The van der Waals surface area contributed by atoms with Gasteiger partial charge in [-0.25, -0.2) is 4.79 Å². The molecule has 8 heteroatoms. The van der Waals surface area contributed by atoms with Gasteiger partial charge in [0.2, 0.25) is 5.89 Å². The molecular weight excluding hydrogens is 322 g/mol. The zero-order chi connectivity index (χ0) is 17.7. The quantitative estimate of drug-likeness (QED) is 0.806. The Morgan fingerprint density at radius 2 is 1.96 bits per heavy atom. The van der Waals surface area contributed by atoms with Crippen molar-refractivity contribution >= 4 is 11.9 Å². The van der Waals surface area contributed by atoms with E-state index in [1.165, 1.54) is 4.90 Å². The zero-order valence-corrected chi connectivity index (χ0v) is 14.6. The lowest BCUT2D eigenvalue weighted by atomic mass is 9.73. The van der Waals surface area contributed by atoms with E-state index in [4.69, 9.17) is 10.3 Å². The van der Waals surface area contributed by atoms with Crippen LogP contribution in [0.1, 0.15) is 70.0 Å². The maximum Gasteiger partial charge on any atom is 0.325 e. The Balaban J connectivity index is 1.52. The van der Waals surface area contributed by atoms with Gasteiger partial charge < -0.3 is 15.6 Å². The molecular formula is C17H25N5O3. The Morgan fingerprint density at radius 3 is 2.68 bits per heavy atom. The standard InChI is InChI=1S/C17H25N5O3/c1-11-6-2-3-9-17(11)14(23)22(15(24)20-17)10-12-19-13(21-25-12)16(18)7-4-5-8-16/h11H,2-10,18H2,1H3,(H,20,24). The van der Waals surface area contributed by atoms with Crippen LogP contribution in [-0.2, 0) is 16.9 Å². The number of rotatable bonds is 3. The maximum atomic E-state index is 13.0. The number of urea groups is 1. The van der Waals surface area contributed by atoms with Gasteiger partial charge in [0.15, 0.2) is 5.82 Å². The molecule has 2 heterocycles. The van der Waals surface area contributed by atoms with Gasteiger partial charge >= 0.3 is 6.03 Å². The Hall–Kier alpha value is -1.96. The molecule has 2 saturated carbocycles. The molecule has 2 unspecified atom stereocenters. The molecule has 1 spiro atoms. The highest BCUT2D eigenvalue weighted by Crippen LogP contribution is 2.39. The van der Waals surface area contributed by atoms with Crippen molar-refractivity contribution in [2.24, 2.45) is 11.7 Å². The fourth-order valence-electron chi connectivity index (χ4n) is 4.53. The van der Waals surface area contributed by atoms with Crippen LogP contribution in [0.4, 0.5) is 4.79 Å². The highest BCUT2D eigenvalue weighted by Gasteiger charge is 2.55. The second kappa shape index (κ2) is 5.79. The number of hydrogen-bond donors (Lipinski definition) is 2. The number of hydrogen-bond acceptors (Lipinski definition) is 6. The van der Waals surface area contributed by atoms with Gasteiger partial charge in [0.1, 0.15) is 12.1 Å². The minimum absolute atomic E-state index is 0.00220. The minimum atomic E-state index is -0.765. The van der Waals surface area contributed by atoms with Crippen LogP contribution in [0.2, 0.25) is 0 Å². The van der Waals surface area contributed by atoms with E-state index in [1.807, 2.05) is 6.92 Å². The number of nitrogens with one attached hydrogen (secondary N) is 1. The van der Waals surface area contributed by atoms with Crippen molar-refractivity contribution in [3.05, 3.63) is 11.7 Å². The molecule has 0 aromatic carbocycles. The fraction of sp³-hybridized carbons (Fsp3) is 0.765. The molecule has 1 aromatic rings. The van der Waals surface area contributed by atoms with Gasteiger partial charge in [0.05, 0.1) is 5.54 Å². The van der Waals surface area contributed by atoms with E-state index in [0.717, 1.165) is 44.9 Å². The predicted molar refractivity (Wildman–Crippen MR) is 88.1 cm³/mol. The smallest absolute Gasteiger partial charge is 0.325 e. The summed E-state index contributed by atoms with van der Waals surface area (Å²) in [5, 5.41) is 6.93. The number of carbonyl (C=O) groups excluding carboxylic acids is 2. The lowest BCUT2D eigenvalue weighted by Crippen LogP contribution is -2.53. The van der Waals surface area contributed by atoms with Gasteiger partial charge in [0, 0.05) is 0 Å². The molecule has 3 fully saturated rings. The summed E-state index contributed by atoms with van der Waals surface area (Å²) in [4.78, 5) is 31.0. The molecule has 1 aromatic heterocycles. The predicted octanol–water partition coefficient (Wildman–Crippen LogP) is 1.80. The summed E-state index contributed by atoms with van der Waals surface area (Å²) in [5.41, 5.74) is 5.03. The van der Waals surface area contributed by atoms with Crippen molar-refractivity contribution in [2.45, 2.75) is 75.9 Å². The third-order valence-electron chi connectivity index (χ3n) is 6.20. The molecule has 25 heavy (non-hydrogen) atoms. The van der Waals surface area contributed by atoms with Gasteiger partial charge in [-0.2, -0.15) is 4.98 Å². The van der Waals surface area contributed by atoms with Gasteiger partial charge in [-0.1, -0.05) is 37.8 Å². The average molecular weight is 347 g/mol. The molecule has 0 radical (unpaired) electrons. The summed E-state index contributed by atoms with van der Waals surface area (Å²) in [6.45, 7) is 2.03. The molecule has 3 N–H and O–H groups in total. The van der Waals surface area contributed by atoms with E-state index in [1.54, 1.807) is 0 Å². The van der Waals surface area contributed by atoms with E-state index >= 15 is 0 Å². The first-order valence-corrected chi connectivity index (χ1v) is 9.21. The van der Waals surface area contributed by atoms with Crippen molar-refractivity contribution in [2.75, 3.05) is 0 Å². The molecule has 8 nitrogen and oxygen atoms in total. The average Bonchev–Trinajstić information content (AvgIpc) is 3.28. The van der Waals surface area contributed by atoms with Crippen LogP contribution < -0.4 is 11.1 Å². The lowest BCUT2D eigenvalue weighted by molar-refractivity contribution is -0.134. The first kappa shape index (κ1) is 16.5. The van der Waals surface area contributed by atoms with Crippen molar-refractivity contribution < 1.29 is 14.1 Å². The summed E-state index contributed by atoms with van der Waals surface area (Å²) in [6.07, 6.45) is 7.44. The van der Waals surface area contributed by atoms with Crippen molar-refractivity contribution in [3.8, 4) is 0 Å². The molecule has 4 rings (SSSR count). The van der Waals surface area contributed by atoms with E-state index < -0.39 is 11.1 Å². The molecule has 2 aliphatic carbocycles. The SMILES string of the molecule is CC1CCCCC12NC(=O)N(Cc1nc(C3(N)CCCC3)no1)C2=O. The summed E-state index contributed by atoms with van der Waals surface area (Å²) in [5.74, 6) is 0.697. The third-order valence-corrected chi connectivity index (χ3v) is 6.20. The summed E-state index contributed by atoms with van der Waals surface area (Å²) in [6, 6.07) is -0.373. The highest BCUT2D eigenvalue weighted by atomic mass is 16.5. The van der Waals surface area contributed by atoms with Crippen LogP contribution in [0.15, 0.2) is 4.52 Å². The summed E-state index contributed by atoms with van der Waals surface area (Å²) in [7, 11) is 0. The molecule has 2 atom stereocenters. The third kappa shape index (κ3) is 2.54. The van der Waals surface area contributed by atoms with Gasteiger partial charge in [-0.3, -0.25) is 9.69 Å². The van der Waals surface area contributed by atoms with Gasteiger partial charge in [-0.15, -0.1) is 0 Å². The normalized spacial score (nSPS) is 31.8. The summed E-state index contributed by atoms with van der Waals surface area (Å²) >= 11 is 0. The highest BCUT2D eigenvalue weighted by molar-refractivity contribution is 6.07. The monoisotopic (exact) mass is 347 g/mol. The molecule has 3 aliphatic rings. The van der Waals surface area contributed by atoms with E-state index in [-0.39, 0.29) is 30.3 Å². The van der Waals surface area contributed by atoms with Crippen LogP contribution >= 0.6 is 0 Å². The Labute approximate surface area is 146 Å². The van der Waals surface area contributed by atoms with Crippen molar-refractivity contribution in [1.29, 1.82) is 0 Å². The second-order valence-corrected chi connectivity index (χ2v) is 7.81. The number of aromatic nitrogens is 2.